The van der Waals surface area contributed by atoms with Gasteiger partial charge in [-0.15, -0.1) is 0 Å². The van der Waals surface area contributed by atoms with Gasteiger partial charge in [-0.1, -0.05) is 15.9 Å². The van der Waals surface area contributed by atoms with E-state index >= 15 is 0 Å². The lowest BCUT2D eigenvalue weighted by Gasteiger charge is -2.30. The van der Waals surface area contributed by atoms with Gasteiger partial charge in [0.15, 0.2) is 0 Å². The number of pyridine rings is 1. The van der Waals surface area contributed by atoms with E-state index in [1.54, 1.807) is 35.4 Å². The average Bonchev–Trinajstić information content (AvgIpc) is 2.63. The highest BCUT2D eigenvalue weighted by Crippen LogP contribution is 2.24. The van der Waals surface area contributed by atoms with Crippen molar-refractivity contribution in [1.82, 2.24) is 20.5 Å². The number of carbonyl (C=O) groups excluding carboxylic acids is 1. The van der Waals surface area contributed by atoms with E-state index in [9.17, 15) is 9.18 Å². The number of urea groups is 1. The van der Waals surface area contributed by atoms with Crippen molar-refractivity contribution in [1.29, 1.82) is 0 Å². The molecule has 0 saturated carbocycles. The molecule has 1 aromatic heterocycles. The van der Waals surface area contributed by atoms with Gasteiger partial charge in [0, 0.05) is 42.4 Å². The van der Waals surface area contributed by atoms with Gasteiger partial charge in [-0.25, -0.2) is 9.18 Å². The second-order valence-corrected chi connectivity index (χ2v) is 6.45. The van der Waals surface area contributed by atoms with Gasteiger partial charge in [-0.2, -0.15) is 0 Å². The van der Waals surface area contributed by atoms with Crippen LogP contribution in [-0.4, -0.2) is 42.1 Å². The minimum absolute atomic E-state index is 0.246. The van der Waals surface area contributed by atoms with E-state index in [2.05, 4.69) is 31.5 Å². The van der Waals surface area contributed by atoms with Crippen molar-refractivity contribution in [3.8, 4) is 5.75 Å². The normalized spacial score (nSPS) is 15.5. The van der Waals surface area contributed by atoms with Gasteiger partial charge >= 0.3 is 6.03 Å². The molecule has 1 fully saturated rings. The fraction of sp³-hybridized carbons (Fsp3) is 0.294. The van der Waals surface area contributed by atoms with Crippen LogP contribution in [-0.2, 0) is 0 Å². The zero-order valence-electron chi connectivity index (χ0n) is 13.4. The summed E-state index contributed by atoms with van der Waals surface area (Å²) in [4.78, 5) is 18.2. The van der Waals surface area contributed by atoms with Crippen molar-refractivity contribution < 1.29 is 13.9 Å². The van der Waals surface area contributed by atoms with Gasteiger partial charge < -0.3 is 15.0 Å². The van der Waals surface area contributed by atoms with Gasteiger partial charge in [0.25, 0.3) is 0 Å². The Bertz CT molecular complexity index is 726. The van der Waals surface area contributed by atoms with Crippen molar-refractivity contribution in [2.75, 3.05) is 26.2 Å². The van der Waals surface area contributed by atoms with Crippen LogP contribution in [0.2, 0.25) is 0 Å². The Morgan fingerprint density at radius 3 is 2.84 bits per heavy atom. The molecule has 3 rings (SSSR count). The summed E-state index contributed by atoms with van der Waals surface area (Å²) in [6.07, 6.45) is 2.17. The molecule has 2 N–H and O–H groups in total. The van der Waals surface area contributed by atoms with Crippen LogP contribution < -0.4 is 15.4 Å². The number of amides is 2. The van der Waals surface area contributed by atoms with Crippen LogP contribution >= 0.6 is 15.9 Å². The second-order valence-electron chi connectivity index (χ2n) is 5.54. The third-order valence-corrected chi connectivity index (χ3v) is 4.29. The molecule has 2 amide bonds. The van der Waals surface area contributed by atoms with Crippen LogP contribution in [0.15, 0.2) is 47.2 Å². The molecule has 6 nitrogen and oxygen atoms in total. The molecule has 1 aliphatic heterocycles. The van der Waals surface area contributed by atoms with E-state index < -0.39 is 12.0 Å². The highest BCUT2D eigenvalue weighted by molar-refractivity contribution is 9.10. The monoisotopic (exact) mass is 408 g/mol. The lowest BCUT2D eigenvalue weighted by Crippen LogP contribution is -2.51. The fourth-order valence-electron chi connectivity index (χ4n) is 2.51. The Morgan fingerprint density at radius 1 is 1.36 bits per heavy atom. The first-order valence-corrected chi connectivity index (χ1v) is 8.70. The zero-order valence-corrected chi connectivity index (χ0v) is 15.0. The van der Waals surface area contributed by atoms with Crippen molar-refractivity contribution in [2.45, 2.75) is 6.23 Å². The molecule has 1 saturated heterocycles. The number of piperazine rings is 1. The Labute approximate surface area is 153 Å². The highest BCUT2D eigenvalue weighted by Gasteiger charge is 2.24. The van der Waals surface area contributed by atoms with E-state index in [0.29, 0.717) is 23.3 Å². The third kappa shape index (κ3) is 4.67. The first kappa shape index (κ1) is 17.6. The molecule has 2 heterocycles. The molecule has 0 bridgehead atoms. The molecular weight excluding hydrogens is 391 g/mol. The highest BCUT2D eigenvalue weighted by atomic mass is 79.9. The number of nitrogens with one attached hydrogen (secondary N) is 2. The fourth-order valence-corrected chi connectivity index (χ4v) is 2.84. The van der Waals surface area contributed by atoms with Crippen molar-refractivity contribution in [2.24, 2.45) is 0 Å². The number of halogens is 2. The van der Waals surface area contributed by atoms with Gasteiger partial charge in [-0.3, -0.25) is 10.3 Å². The quantitative estimate of drug-likeness (QED) is 0.763. The van der Waals surface area contributed by atoms with Crippen molar-refractivity contribution in [3.63, 3.8) is 0 Å². The van der Waals surface area contributed by atoms with E-state index in [0.717, 1.165) is 13.1 Å². The summed E-state index contributed by atoms with van der Waals surface area (Å²) in [5.74, 6) is -0.0284. The third-order valence-electron chi connectivity index (χ3n) is 3.79. The smallest absolute Gasteiger partial charge is 0.320 e. The maximum atomic E-state index is 14.4. The predicted octanol–water partition coefficient (Wildman–Crippen LogP) is 2.68. The minimum atomic E-state index is -0.959. The van der Waals surface area contributed by atoms with Crippen LogP contribution in [0.5, 0.6) is 5.75 Å². The summed E-state index contributed by atoms with van der Waals surface area (Å²) < 4.78 is 20.8. The molecule has 8 heteroatoms. The predicted molar refractivity (Wildman–Crippen MR) is 94.7 cm³/mol. The van der Waals surface area contributed by atoms with Gasteiger partial charge in [0.2, 0.25) is 6.23 Å². The summed E-state index contributed by atoms with van der Waals surface area (Å²) in [5.41, 5.74) is 0.246. The number of carbonyl (C=O) groups is 1. The largest absolute Gasteiger partial charge is 0.465 e. The molecule has 1 aromatic carbocycles. The molecule has 0 radical (unpaired) electrons. The standard InChI is InChI=1S/C17H18BrFN4O2/c18-12-3-4-14(15(19)10-12)16(25-13-2-1-5-21-11-13)22-17(24)23-8-6-20-7-9-23/h1-5,10-11,16,20H,6-9H2,(H,22,24)/t16-/m1/s1. The molecule has 0 aliphatic carbocycles. The van der Waals surface area contributed by atoms with Crippen molar-refractivity contribution >= 4 is 22.0 Å². The SMILES string of the molecule is O=C(N[C@H](Oc1cccnc1)c1ccc(Br)cc1F)N1CCNCC1. The summed E-state index contributed by atoms with van der Waals surface area (Å²) >= 11 is 3.23. The number of hydrogen-bond acceptors (Lipinski definition) is 4. The van der Waals surface area contributed by atoms with Crippen molar-refractivity contribution in [3.05, 3.63) is 58.6 Å². The zero-order chi connectivity index (χ0) is 17.6. The van der Waals surface area contributed by atoms with E-state index in [4.69, 9.17) is 4.74 Å². The summed E-state index contributed by atoms with van der Waals surface area (Å²) in [5, 5.41) is 5.95. The van der Waals surface area contributed by atoms with Crippen LogP contribution in [0, 0.1) is 5.82 Å². The molecule has 0 unspecified atom stereocenters. The van der Waals surface area contributed by atoms with Crippen LogP contribution in [0.1, 0.15) is 11.8 Å². The number of aromatic nitrogens is 1. The van der Waals surface area contributed by atoms with Gasteiger partial charge in [-0.05, 0) is 30.3 Å². The molecular formula is C17H18BrFN4O2. The van der Waals surface area contributed by atoms with E-state index in [1.807, 2.05) is 0 Å². The number of benzene rings is 1. The first-order valence-electron chi connectivity index (χ1n) is 7.91. The summed E-state index contributed by atoms with van der Waals surface area (Å²) in [7, 11) is 0. The second kappa shape index (κ2) is 8.26. The lowest BCUT2D eigenvalue weighted by molar-refractivity contribution is 0.137. The number of rotatable bonds is 4. The molecule has 1 atom stereocenters. The van der Waals surface area contributed by atoms with Gasteiger partial charge in [0.1, 0.15) is 11.6 Å². The molecule has 0 spiro atoms. The molecule has 25 heavy (non-hydrogen) atoms. The number of ether oxygens (including phenoxy) is 1. The topological polar surface area (TPSA) is 66.5 Å². The number of nitrogens with zero attached hydrogens (tertiary/aromatic N) is 2. The minimum Gasteiger partial charge on any atom is -0.465 e. The average molecular weight is 409 g/mol. The molecule has 2 aromatic rings. The lowest BCUT2D eigenvalue weighted by atomic mass is 10.2. The Balaban J connectivity index is 1.81. The Morgan fingerprint density at radius 2 is 2.16 bits per heavy atom. The van der Waals surface area contributed by atoms with Crippen LogP contribution in [0.25, 0.3) is 0 Å². The van der Waals surface area contributed by atoms with Crippen LogP contribution in [0.4, 0.5) is 9.18 Å². The molecule has 1 aliphatic rings. The molecule has 132 valence electrons. The number of hydrogen-bond donors (Lipinski definition) is 2. The maximum absolute atomic E-state index is 14.4. The summed E-state index contributed by atoms with van der Waals surface area (Å²) in [6, 6.07) is 7.74. The first-order chi connectivity index (χ1) is 12.1. The maximum Gasteiger partial charge on any atom is 0.320 e. The van der Waals surface area contributed by atoms with Crippen LogP contribution in [0.3, 0.4) is 0 Å². The van der Waals surface area contributed by atoms with Gasteiger partial charge in [0.05, 0.1) is 6.20 Å². The van der Waals surface area contributed by atoms with E-state index in [-0.39, 0.29) is 11.6 Å². The van der Waals surface area contributed by atoms with E-state index in [1.165, 1.54) is 12.3 Å². The Hall–Kier alpha value is -2.19. The Kier molecular flexibility index (Phi) is 5.83. The summed E-state index contributed by atoms with van der Waals surface area (Å²) in [6.45, 7) is 2.64.